The zero-order valence-electron chi connectivity index (χ0n) is 15.0. The third-order valence-electron chi connectivity index (χ3n) is 5.27. The number of carbonyl (C=O) groups excluding carboxylic acids is 1. The molecule has 134 valence electrons. The summed E-state index contributed by atoms with van der Waals surface area (Å²) in [5.41, 5.74) is 3.45. The van der Waals surface area contributed by atoms with E-state index in [0.29, 0.717) is 6.54 Å². The number of nitrogens with one attached hydrogen (secondary N) is 2. The van der Waals surface area contributed by atoms with Gasteiger partial charge in [-0.2, -0.15) is 5.10 Å². The lowest BCUT2D eigenvalue weighted by molar-refractivity contribution is -0.117. The Hall–Kier alpha value is -2.15. The fourth-order valence-corrected chi connectivity index (χ4v) is 4.05. The van der Waals surface area contributed by atoms with Crippen molar-refractivity contribution in [3.63, 3.8) is 0 Å². The van der Waals surface area contributed by atoms with Gasteiger partial charge in [0.15, 0.2) is 0 Å². The van der Waals surface area contributed by atoms with Crippen molar-refractivity contribution in [2.45, 2.75) is 51.5 Å². The Bertz CT molecular complexity index is 753. The van der Waals surface area contributed by atoms with Crippen molar-refractivity contribution in [1.82, 2.24) is 24.6 Å². The maximum absolute atomic E-state index is 12.5. The van der Waals surface area contributed by atoms with Crippen LogP contribution in [0.25, 0.3) is 0 Å². The van der Waals surface area contributed by atoms with Crippen LogP contribution in [0.4, 0.5) is 5.82 Å². The van der Waals surface area contributed by atoms with E-state index < -0.39 is 0 Å². The fraction of sp³-hybridized carbons (Fsp3) is 0.611. The number of aromatic nitrogens is 4. The van der Waals surface area contributed by atoms with Crippen LogP contribution in [0.15, 0.2) is 6.07 Å². The van der Waals surface area contributed by atoms with Gasteiger partial charge in [-0.05, 0) is 52.0 Å². The van der Waals surface area contributed by atoms with E-state index in [2.05, 4.69) is 20.3 Å². The first-order chi connectivity index (χ1) is 12.1. The van der Waals surface area contributed by atoms with E-state index in [1.165, 1.54) is 24.2 Å². The lowest BCUT2D eigenvalue weighted by atomic mass is 10.0. The van der Waals surface area contributed by atoms with E-state index in [4.69, 9.17) is 4.98 Å². The van der Waals surface area contributed by atoms with Gasteiger partial charge < -0.3 is 10.3 Å². The zero-order chi connectivity index (χ0) is 17.4. The molecule has 0 bridgehead atoms. The number of fused-ring (bicyclic) bond motifs is 1. The lowest BCUT2D eigenvalue weighted by Crippen LogP contribution is -2.33. The Balaban J connectivity index is 1.43. The van der Waals surface area contributed by atoms with Crippen molar-refractivity contribution in [3.05, 3.63) is 29.0 Å². The van der Waals surface area contributed by atoms with Gasteiger partial charge in [-0.3, -0.25) is 14.4 Å². The number of H-pyrrole nitrogens is 1. The molecule has 1 atom stereocenters. The number of rotatable bonds is 4. The normalized spacial score (nSPS) is 20.6. The van der Waals surface area contributed by atoms with Crippen LogP contribution in [0.1, 0.15) is 54.6 Å². The van der Waals surface area contributed by atoms with Crippen LogP contribution in [0.5, 0.6) is 0 Å². The molecule has 1 amide bonds. The molecular weight excluding hydrogens is 316 g/mol. The van der Waals surface area contributed by atoms with E-state index in [0.717, 1.165) is 49.6 Å². The van der Waals surface area contributed by atoms with Crippen LogP contribution in [-0.2, 0) is 24.7 Å². The van der Waals surface area contributed by atoms with E-state index in [1.807, 2.05) is 20.0 Å². The number of likely N-dealkylation sites (tertiary alicyclic amines) is 1. The molecule has 2 N–H and O–H groups in total. The summed E-state index contributed by atoms with van der Waals surface area (Å²) in [6.45, 7) is 3.25. The SMILES string of the molecule is Cc1cc(NC(=O)CN2CCC[C@H]2c2nc3c([nH]2)CCCC3)n(C)n1. The van der Waals surface area contributed by atoms with Crippen LogP contribution in [0.2, 0.25) is 0 Å². The number of hydrogen-bond donors (Lipinski definition) is 2. The minimum Gasteiger partial charge on any atom is -0.344 e. The summed E-state index contributed by atoms with van der Waals surface area (Å²) in [5.74, 6) is 1.80. The quantitative estimate of drug-likeness (QED) is 0.892. The number of anilines is 1. The van der Waals surface area contributed by atoms with Crippen molar-refractivity contribution in [2.75, 3.05) is 18.4 Å². The van der Waals surface area contributed by atoms with Crippen LogP contribution >= 0.6 is 0 Å². The van der Waals surface area contributed by atoms with E-state index in [1.54, 1.807) is 4.68 Å². The highest BCUT2D eigenvalue weighted by atomic mass is 16.2. The Morgan fingerprint density at radius 2 is 2.20 bits per heavy atom. The number of amides is 1. The third kappa shape index (κ3) is 3.33. The van der Waals surface area contributed by atoms with Gasteiger partial charge in [-0.1, -0.05) is 0 Å². The van der Waals surface area contributed by atoms with Crippen molar-refractivity contribution in [2.24, 2.45) is 7.05 Å². The molecule has 25 heavy (non-hydrogen) atoms. The summed E-state index contributed by atoms with van der Waals surface area (Å²) >= 11 is 0. The average molecular weight is 342 g/mol. The molecule has 3 heterocycles. The summed E-state index contributed by atoms with van der Waals surface area (Å²) < 4.78 is 1.70. The second-order valence-corrected chi connectivity index (χ2v) is 7.23. The lowest BCUT2D eigenvalue weighted by Gasteiger charge is -2.22. The van der Waals surface area contributed by atoms with Gasteiger partial charge in [0.25, 0.3) is 0 Å². The van der Waals surface area contributed by atoms with Crippen molar-refractivity contribution >= 4 is 11.7 Å². The molecule has 7 heteroatoms. The molecule has 0 saturated carbocycles. The second kappa shape index (κ2) is 6.63. The number of imidazole rings is 1. The molecule has 1 fully saturated rings. The van der Waals surface area contributed by atoms with Crippen molar-refractivity contribution in [3.8, 4) is 0 Å². The number of aromatic amines is 1. The van der Waals surface area contributed by atoms with Gasteiger partial charge in [-0.15, -0.1) is 0 Å². The Morgan fingerprint density at radius 1 is 1.36 bits per heavy atom. The number of hydrogen-bond acceptors (Lipinski definition) is 4. The highest BCUT2D eigenvalue weighted by molar-refractivity contribution is 5.91. The molecule has 7 nitrogen and oxygen atoms in total. The Morgan fingerprint density at radius 3 is 2.96 bits per heavy atom. The van der Waals surface area contributed by atoms with Gasteiger partial charge >= 0.3 is 0 Å². The summed E-state index contributed by atoms with van der Waals surface area (Å²) in [6.07, 6.45) is 6.83. The molecular formula is C18H26N6O. The van der Waals surface area contributed by atoms with Crippen LogP contribution in [-0.4, -0.2) is 43.6 Å². The predicted molar refractivity (Wildman–Crippen MR) is 95.4 cm³/mol. The molecule has 0 unspecified atom stereocenters. The van der Waals surface area contributed by atoms with Gasteiger partial charge in [0.1, 0.15) is 11.6 Å². The highest BCUT2D eigenvalue weighted by Gasteiger charge is 2.31. The molecule has 2 aliphatic rings. The van der Waals surface area contributed by atoms with Crippen LogP contribution in [0, 0.1) is 6.92 Å². The minimum absolute atomic E-state index is 0.00576. The Kier molecular flexibility index (Phi) is 4.33. The first-order valence-corrected chi connectivity index (χ1v) is 9.22. The molecule has 1 aliphatic heterocycles. The molecule has 1 aliphatic carbocycles. The van der Waals surface area contributed by atoms with Crippen LogP contribution in [0.3, 0.4) is 0 Å². The standard InChI is InChI=1S/C18H26N6O/c1-12-10-16(23(2)22-12)21-17(25)11-24-9-5-8-15(24)18-19-13-6-3-4-7-14(13)20-18/h10,15H,3-9,11H2,1-2H3,(H,19,20)(H,21,25)/t15-/m0/s1. The average Bonchev–Trinajstić information content (AvgIpc) is 3.26. The van der Waals surface area contributed by atoms with Crippen molar-refractivity contribution in [1.29, 1.82) is 0 Å². The zero-order valence-corrected chi connectivity index (χ0v) is 15.0. The summed E-state index contributed by atoms with van der Waals surface area (Å²) in [4.78, 5) is 23.1. The molecule has 1 saturated heterocycles. The molecule has 0 spiro atoms. The summed E-state index contributed by atoms with van der Waals surface area (Å²) in [6, 6.07) is 2.12. The molecule has 0 aromatic carbocycles. The predicted octanol–water partition coefficient (Wildman–Crippen LogP) is 2.11. The summed E-state index contributed by atoms with van der Waals surface area (Å²) in [5, 5.41) is 7.24. The van der Waals surface area contributed by atoms with Gasteiger partial charge in [-0.25, -0.2) is 4.98 Å². The maximum atomic E-state index is 12.5. The van der Waals surface area contributed by atoms with Crippen LogP contribution < -0.4 is 5.32 Å². The first-order valence-electron chi connectivity index (χ1n) is 9.22. The number of aryl methyl sites for hydroxylation is 4. The van der Waals surface area contributed by atoms with Gasteiger partial charge in [0.2, 0.25) is 5.91 Å². The number of nitrogens with zero attached hydrogens (tertiary/aromatic N) is 4. The summed E-state index contributed by atoms with van der Waals surface area (Å²) in [7, 11) is 1.84. The maximum Gasteiger partial charge on any atom is 0.239 e. The first kappa shape index (κ1) is 16.3. The Labute approximate surface area is 147 Å². The highest BCUT2D eigenvalue weighted by Crippen LogP contribution is 2.32. The molecule has 2 aromatic rings. The van der Waals surface area contributed by atoms with E-state index in [-0.39, 0.29) is 11.9 Å². The molecule has 2 aromatic heterocycles. The van der Waals surface area contributed by atoms with Gasteiger partial charge in [0.05, 0.1) is 24.0 Å². The number of carbonyl (C=O) groups is 1. The topological polar surface area (TPSA) is 78.8 Å². The van der Waals surface area contributed by atoms with Crippen molar-refractivity contribution < 1.29 is 4.79 Å². The molecule has 4 rings (SSSR count). The third-order valence-corrected chi connectivity index (χ3v) is 5.27. The smallest absolute Gasteiger partial charge is 0.239 e. The second-order valence-electron chi connectivity index (χ2n) is 7.23. The minimum atomic E-state index is 0.00576. The molecule has 0 radical (unpaired) electrons. The van der Waals surface area contributed by atoms with E-state index >= 15 is 0 Å². The van der Waals surface area contributed by atoms with E-state index in [9.17, 15) is 4.79 Å². The monoisotopic (exact) mass is 342 g/mol. The largest absolute Gasteiger partial charge is 0.344 e. The fourth-order valence-electron chi connectivity index (χ4n) is 4.05. The van der Waals surface area contributed by atoms with Gasteiger partial charge in [0, 0.05) is 18.8 Å².